The van der Waals surface area contributed by atoms with Crippen molar-refractivity contribution >= 4 is 17.7 Å². The van der Waals surface area contributed by atoms with Crippen molar-refractivity contribution in [3.8, 4) is 11.5 Å². The SMILES string of the molecule is O=C(O)CC(=O)OC[C@H]1O[C@@H](OC2=C(c3ccc(O)c(O)c3)[OH+]C3C=C(O[C@@H]4O[C@H](CO)[C@@H](O)[C@H](O)[C@H]4O)C=C(O)C3=C2)[C@H](O[C@@H]2OC[C@@H](O)[C@H](O)[C@H]2O)[C@@H](O)[C@@H]1O. The van der Waals surface area contributed by atoms with Crippen LogP contribution in [0.4, 0.5) is 0 Å². The lowest BCUT2D eigenvalue weighted by atomic mass is 9.96. The van der Waals surface area contributed by atoms with Crippen molar-refractivity contribution in [1.82, 2.24) is 0 Å². The molecule has 15 atom stereocenters. The minimum atomic E-state index is -2.02. The summed E-state index contributed by atoms with van der Waals surface area (Å²) in [5.74, 6) is -4.97. The van der Waals surface area contributed by atoms with E-state index in [9.17, 15) is 70.9 Å². The highest BCUT2D eigenvalue weighted by atomic mass is 16.8. The minimum Gasteiger partial charge on any atom is -0.571 e. The van der Waals surface area contributed by atoms with Gasteiger partial charge in [-0.25, -0.2) is 0 Å². The molecule has 0 saturated carbocycles. The maximum atomic E-state index is 12.0. The zero-order valence-electron chi connectivity index (χ0n) is 29.9. The summed E-state index contributed by atoms with van der Waals surface area (Å²) in [6.45, 7) is -2.09. The largest absolute Gasteiger partial charge is 0.571 e. The van der Waals surface area contributed by atoms with E-state index in [4.69, 9.17) is 38.3 Å². The number of aliphatic carboxylic acids is 1. The van der Waals surface area contributed by atoms with Crippen molar-refractivity contribution in [3.63, 3.8) is 0 Å². The number of hydrogen-bond acceptors (Lipinski definition) is 21. The number of phenols is 2. The molecule has 14 N–H and O–H groups in total. The normalized spacial score (nSPS) is 37.7. The van der Waals surface area contributed by atoms with Crippen LogP contribution in [0.1, 0.15) is 12.0 Å². The van der Waals surface area contributed by atoms with E-state index in [-0.39, 0.29) is 28.4 Å². The van der Waals surface area contributed by atoms with E-state index in [1.54, 1.807) is 0 Å². The number of allylic oxidation sites excluding steroid dienone is 2. The number of benzene rings is 1. The number of fused-ring (bicyclic) bond motifs is 1. The molecule has 4 heterocycles. The second kappa shape index (κ2) is 17.7. The first kappa shape index (κ1) is 43.0. The third-order valence-corrected chi connectivity index (χ3v) is 9.69. The molecule has 1 aromatic rings. The maximum absolute atomic E-state index is 12.0. The number of carbonyl (C=O) groups is 2. The number of carboxylic acids is 1. The Morgan fingerprint density at radius 2 is 1.47 bits per heavy atom. The standard InChI is InChI=1S/C35H42O23/c36-8-20-25(45)27(47)30(50)34(56-20)53-12-4-15(38)13-6-19(31(54-18(13)5-12)11-1-2-14(37)16(39)3-11)55-35-32(58-33-29(49)24(44)17(40)9-52-33)28(48)26(46)21(57-35)10-51-23(43)7-22(41)42/h1-6,17-18,20-21,24-30,32-40,44-50H,7-10H2,(H,41,42)/p+1/t17-,18?,20-,21-,24+,25-,26-,27+,28+,29-,30-,32-,33+,34-,35-/m1/s1. The van der Waals surface area contributed by atoms with Gasteiger partial charge >= 0.3 is 17.7 Å². The first-order valence-electron chi connectivity index (χ1n) is 17.6. The van der Waals surface area contributed by atoms with Crippen LogP contribution in [0, 0.1) is 0 Å². The van der Waals surface area contributed by atoms with Crippen molar-refractivity contribution in [1.29, 1.82) is 0 Å². The van der Waals surface area contributed by atoms with E-state index < -0.39 is 148 Å². The Morgan fingerprint density at radius 3 is 2.16 bits per heavy atom. The van der Waals surface area contributed by atoms with Crippen LogP contribution in [0.5, 0.6) is 11.5 Å². The third-order valence-electron chi connectivity index (χ3n) is 9.69. The van der Waals surface area contributed by atoms with Gasteiger partial charge in [0.05, 0.1) is 30.4 Å². The third kappa shape index (κ3) is 9.01. The number of aliphatic hydroxyl groups excluding tert-OH is 10. The Hall–Kier alpha value is -4.60. The van der Waals surface area contributed by atoms with Gasteiger partial charge in [0.2, 0.25) is 24.4 Å². The average Bonchev–Trinajstić information content (AvgIpc) is 3.18. The van der Waals surface area contributed by atoms with E-state index in [0.717, 1.165) is 18.2 Å². The van der Waals surface area contributed by atoms with Crippen LogP contribution < -0.4 is 0 Å². The lowest BCUT2D eigenvalue weighted by molar-refractivity contribution is -0.351. The fourth-order valence-electron chi connectivity index (χ4n) is 6.50. The smallest absolute Gasteiger partial charge is 0.317 e. The predicted molar refractivity (Wildman–Crippen MR) is 182 cm³/mol. The molecule has 0 radical (unpaired) electrons. The molecule has 0 bridgehead atoms. The van der Waals surface area contributed by atoms with Crippen LogP contribution in [0.15, 0.2) is 59.3 Å². The highest BCUT2D eigenvalue weighted by Gasteiger charge is 2.52. The number of carbonyl (C=O) groups excluding carboxylic acids is 1. The Morgan fingerprint density at radius 1 is 0.776 bits per heavy atom. The molecule has 23 heteroatoms. The summed E-state index contributed by atoms with van der Waals surface area (Å²) in [7, 11) is 0. The quantitative estimate of drug-likeness (QED) is 0.0406. The molecular formula is C35H43O23+. The van der Waals surface area contributed by atoms with Crippen LogP contribution in [0.2, 0.25) is 0 Å². The molecule has 5 aliphatic rings. The van der Waals surface area contributed by atoms with Crippen molar-refractivity contribution in [2.24, 2.45) is 0 Å². The van der Waals surface area contributed by atoms with E-state index >= 15 is 0 Å². The van der Waals surface area contributed by atoms with E-state index in [2.05, 4.69) is 4.74 Å². The predicted octanol–water partition coefficient (Wildman–Crippen LogP) is -4.94. The van der Waals surface area contributed by atoms with Gasteiger partial charge in [-0.15, -0.1) is 0 Å². The lowest BCUT2D eigenvalue weighted by Gasteiger charge is -2.44. The first-order valence-corrected chi connectivity index (χ1v) is 17.6. The molecule has 0 aromatic heterocycles. The summed E-state index contributed by atoms with van der Waals surface area (Å²) >= 11 is 0. The van der Waals surface area contributed by atoms with Gasteiger partial charge in [0, 0.05) is 18.2 Å². The zero-order chi connectivity index (χ0) is 42.2. The summed E-state index contributed by atoms with van der Waals surface area (Å²) in [6.07, 6.45) is -23.0. The topological polar surface area (TPSA) is 375 Å². The Labute approximate surface area is 326 Å². The molecule has 320 valence electrons. The first-order chi connectivity index (χ1) is 27.5. The number of aliphatic hydroxyl groups is 12. The second-order valence-corrected chi connectivity index (χ2v) is 13.8. The van der Waals surface area contributed by atoms with Gasteiger partial charge in [-0.05, 0) is 12.1 Å². The molecule has 1 aromatic carbocycles. The highest BCUT2D eigenvalue weighted by Crippen LogP contribution is 2.40. The molecule has 23 nitrogen and oxygen atoms in total. The molecule has 1 unspecified atom stereocenters. The van der Waals surface area contributed by atoms with Crippen molar-refractivity contribution < 1.29 is 114 Å². The summed E-state index contributed by atoms with van der Waals surface area (Å²) < 4.78 is 43.7. The van der Waals surface area contributed by atoms with Crippen molar-refractivity contribution in [2.45, 2.75) is 98.5 Å². The van der Waals surface area contributed by atoms with Crippen molar-refractivity contribution in [3.05, 3.63) is 64.8 Å². The molecule has 3 saturated heterocycles. The lowest BCUT2D eigenvalue weighted by Crippen LogP contribution is -2.63. The van der Waals surface area contributed by atoms with Crippen LogP contribution in [-0.2, 0) is 42.7 Å². The Balaban J connectivity index is 1.34. The molecule has 6 rings (SSSR count). The maximum Gasteiger partial charge on any atom is 0.317 e. The number of phenolic OH excluding ortho intramolecular Hbond substituents is 2. The van der Waals surface area contributed by atoms with E-state index in [0.29, 0.717) is 0 Å². The fourth-order valence-corrected chi connectivity index (χ4v) is 6.50. The summed E-state index contributed by atoms with van der Waals surface area (Å²) in [5.41, 5.74) is 0.0784. The van der Waals surface area contributed by atoms with Crippen LogP contribution in [0.25, 0.3) is 5.76 Å². The van der Waals surface area contributed by atoms with Gasteiger partial charge < -0.3 is 104 Å². The van der Waals surface area contributed by atoms with Gasteiger partial charge in [0.1, 0.15) is 85.6 Å². The fraction of sp³-hybridized carbons (Fsp3) is 0.543. The van der Waals surface area contributed by atoms with Gasteiger partial charge in [-0.1, -0.05) is 0 Å². The molecule has 0 amide bonds. The summed E-state index contributed by atoms with van der Waals surface area (Å²) in [4.78, 5) is 23.0. The number of hydrogen-bond donors (Lipinski definition) is 13. The number of carboxylic acid groups (broad SMARTS) is 1. The van der Waals surface area contributed by atoms with Crippen LogP contribution in [0.3, 0.4) is 0 Å². The molecule has 3 fully saturated rings. The average molecular weight is 832 g/mol. The second-order valence-electron chi connectivity index (χ2n) is 13.8. The van der Waals surface area contributed by atoms with Gasteiger partial charge in [0.25, 0.3) is 0 Å². The van der Waals surface area contributed by atoms with Gasteiger partial charge in [-0.2, -0.15) is 0 Å². The van der Waals surface area contributed by atoms with Crippen LogP contribution >= 0.6 is 0 Å². The number of ether oxygens (including phenoxy) is 8. The number of rotatable bonds is 12. The molecule has 1 aliphatic carbocycles. The molecule has 0 spiro atoms. The number of aromatic hydroxyl groups is 2. The van der Waals surface area contributed by atoms with Gasteiger partial charge in [-0.3, -0.25) is 9.59 Å². The summed E-state index contributed by atoms with van der Waals surface area (Å²) in [5, 5.41) is 134. The van der Waals surface area contributed by atoms with Gasteiger partial charge in [0.15, 0.2) is 23.9 Å². The van der Waals surface area contributed by atoms with Crippen LogP contribution in [-0.4, -0.2) is 195 Å². The van der Waals surface area contributed by atoms with Crippen molar-refractivity contribution in [2.75, 3.05) is 19.8 Å². The molecule has 58 heavy (non-hydrogen) atoms. The Kier molecular flexibility index (Phi) is 13.1. The Bertz CT molecular complexity index is 1810. The monoisotopic (exact) mass is 831 g/mol. The van der Waals surface area contributed by atoms with E-state index in [1.165, 1.54) is 18.2 Å². The summed E-state index contributed by atoms with van der Waals surface area (Å²) in [6, 6.07) is 3.50. The highest BCUT2D eigenvalue weighted by molar-refractivity contribution is 5.90. The zero-order valence-corrected chi connectivity index (χ0v) is 29.9. The van der Waals surface area contributed by atoms with E-state index in [1.807, 2.05) is 0 Å². The molecular weight excluding hydrogens is 788 g/mol. The minimum absolute atomic E-state index is 0.0130. The number of esters is 1. The molecule has 4 aliphatic heterocycles.